The van der Waals surface area contributed by atoms with Gasteiger partial charge in [-0.2, -0.15) is 4.31 Å². The number of halogens is 1. The minimum absolute atomic E-state index is 0. The summed E-state index contributed by atoms with van der Waals surface area (Å²) in [4.78, 5) is 14.6. The molecule has 0 spiro atoms. The molecule has 8 heteroatoms. The molecule has 1 N–H and O–H groups in total. The predicted octanol–water partition coefficient (Wildman–Crippen LogP) is 1.72. The van der Waals surface area contributed by atoms with Crippen molar-refractivity contribution in [1.29, 1.82) is 0 Å². The Balaban J connectivity index is 0.00000243. The number of amides is 1. The maximum absolute atomic E-state index is 12.7. The zero-order chi connectivity index (χ0) is 17.7. The second-order valence-corrected chi connectivity index (χ2v) is 8.79. The number of nitrogens with one attached hydrogen (secondary N) is 1. The van der Waals surface area contributed by atoms with Gasteiger partial charge in [0, 0.05) is 32.6 Å². The molecule has 2 aliphatic heterocycles. The third-order valence-electron chi connectivity index (χ3n) is 5.12. The average molecular weight is 402 g/mol. The highest BCUT2D eigenvalue weighted by molar-refractivity contribution is 7.89. The van der Waals surface area contributed by atoms with Crippen LogP contribution < -0.4 is 5.32 Å². The van der Waals surface area contributed by atoms with Crippen molar-refractivity contribution < 1.29 is 13.2 Å². The quantitative estimate of drug-likeness (QED) is 0.815. The van der Waals surface area contributed by atoms with E-state index >= 15 is 0 Å². The van der Waals surface area contributed by atoms with Gasteiger partial charge < -0.3 is 10.2 Å². The van der Waals surface area contributed by atoms with Gasteiger partial charge in [-0.1, -0.05) is 18.2 Å². The van der Waals surface area contributed by atoms with Crippen molar-refractivity contribution in [3.8, 4) is 0 Å². The van der Waals surface area contributed by atoms with Gasteiger partial charge >= 0.3 is 0 Å². The maximum atomic E-state index is 12.7. The lowest BCUT2D eigenvalue weighted by atomic mass is 10.0. The van der Waals surface area contributed by atoms with Crippen LogP contribution in [0.15, 0.2) is 35.2 Å². The summed E-state index contributed by atoms with van der Waals surface area (Å²) in [7, 11) is -3.47. The molecule has 3 rings (SSSR count). The highest BCUT2D eigenvalue weighted by Gasteiger charge is 2.28. The summed E-state index contributed by atoms with van der Waals surface area (Å²) in [6.45, 7) is 4.02. The minimum Gasteiger partial charge on any atom is -0.341 e. The van der Waals surface area contributed by atoms with Gasteiger partial charge in [0.1, 0.15) is 0 Å². The smallest absolute Gasteiger partial charge is 0.243 e. The molecule has 146 valence electrons. The van der Waals surface area contributed by atoms with E-state index in [0.717, 1.165) is 25.9 Å². The number of hydrogen-bond acceptors (Lipinski definition) is 4. The van der Waals surface area contributed by atoms with Crippen LogP contribution in [0.2, 0.25) is 0 Å². The highest BCUT2D eigenvalue weighted by Crippen LogP contribution is 2.19. The van der Waals surface area contributed by atoms with Crippen molar-refractivity contribution in [1.82, 2.24) is 14.5 Å². The molecule has 6 nitrogen and oxygen atoms in total. The van der Waals surface area contributed by atoms with Gasteiger partial charge in [0.2, 0.25) is 15.9 Å². The predicted molar refractivity (Wildman–Crippen MR) is 104 cm³/mol. The Morgan fingerprint density at radius 3 is 2.58 bits per heavy atom. The van der Waals surface area contributed by atoms with Gasteiger partial charge in [0.05, 0.1) is 4.90 Å². The summed E-state index contributed by atoms with van der Waals surface area (Å²) in [6, 6.07) is 8.52. The van der Waals surface area contributed by atoms with E-state index < -0.39 is 10.0 Å². The second-order valence-electron chi connectivity index (χ2n) is 6.85. The van der Waals surface area contributed by atoms with E-state index in [4.69, 9.17) is 0 Å². The Kier molecular flexibility index (Phi) is 7.88. The molecule has 0 bridgehead atoms. The van der Waals surface area contributed by atoms with Crippen LogP contribution in [0.4, 0.5) is 0 Å². The van der Waals surface area contributed by atoms with Crippen LogP contribution in [0.25, 0.3) is 0 Å². The molecular weight excluding hydrogens is 374 g/mol. The minimum atomic E-state index is -3.47. The van der Waals surface area contributed by atoms with E-state index in [1.165, 1.54) is 4.31 Å². The van der Waals surface area contributed by atoms with E-state index in [9.17, 15) is 13.2 Å². The Bertz CT molecular complexity index is 678. The third kappa shape index (κ3) is 5.19. The summed E-state index contributed by atoms with van der Waals surface area (Å²) in [5.41, 5.74) is 0. The summed E-state index contributed by atoms with van der Waals surface area (Å²) >= 11 is 0. The molecule has 1 aromatic carbocycles. The molecule has 1 aromatic rings. The molecule has 0 radical (unpaired) electrons. The Morgan fingerprint density at radius 1 is 1.12 bits per heavy atom. The number of benzene rings is 1. The Hall–Kier alpha value is -1.15. The molecule has 1 unspecified atom stereocenters. The number of rotatable bonds is 5. The molecule has 0 saturated carbocycles. The van der Waals surface area contributed by atoms with E-state index in [1.54, 1.807) is 24.3 Å². The molecule has 2 heterocycles. The van der Waals surface area contributed by atoms with Gasteiger partial charge in [-0.25, -0.2) is 8.42 Å². The average Bonchev–Trinajstić information content (AvgIpc) is 3.02. The number of sulfonamides is 1. The standard InChI is InChI=1S/C18H27N3O3S.ClH/c22-18(8-7-16-9-10-19-15-16)20-11-4-12-21(14-13-20)25(23,24)17-5-2-1-3-6-17;/h1-3,5-6,16,19H,4,7-15H2;1H. The molecule has 2 saturated heterocycles. The Labute approximate surface area is 162 Å². The molecule has 1 atom stereocenters. The SMILES string of the molecule is Cl.O=C(CCC1CCNC1)N1CCCN(S(=O)(=O)c2ccccc2)CC1. The van der Waals surface area contributed by atoms with Crippen molar-refractivity contribution in [3.63, 3.8) is 0 Å². The van der Waals surface area contributed by atoms with Crippen LogP contribution in [-0.2, 0) is 14.8 Å². The van der Waals surface area contributed by atoms with E-state index in [0.29, 0.717) is 49.8 Å². The largest absolute Gasteiger partial charge is 0.341 e. The fourth-order valence-electron chi connectivity index (χ4n) is 3.57. The zero-order valence-electron chi connectivity index (χ0n) is 15.0. The van der Waals surface area contributed by atoms with Gasteiger partial charge in [-0.05, 0) is 50.4 Å². The van der Waals surface area contributed by atoms with Gasteiger partial charge in [0.25, 0.3) is 0 Å². The monoisotopic (exact) mass is 401 g/mol. The van der Waals surface area contributed by atoms with Crippen LogP contribution in [0.1, 0.15) is 25.7 Å². The summed E-state index contributed by atoms with van der Waals surface area (Å²) in [5, 5.41) is 3.33. The van der Waals surface area contributed by atoms with Gasteiger partial charge in [-0.3, -0.25) is 4.79 Å². The number of carbonyl (C=O) groups excluding carboxylic acids is 1. The van der Waals surface area contributed by atoms with Crippen LogP contribution >= 0.6 is 12.4 Å². The number of carbonyl (C=O) groups is 1. The summed E-state index contributed by atoms with van der Waals surface area (Å²) in [6.07, 6.45) is 3.32. The lowest BCUT2D eigenvalue weighted by Gasteiger charge is -2.22. The molecule has 2 aliphatic rings. The third-order valence-corrected chi connectivity index (χ3v) is 7.03. The Morgan fingerprint density at radius 2 is 1.88 bits per heavy atom. The van der Waals surface area contributed by atoms with Gasteiger partial charge in [-0.15, -0.1) is 12.4 Å². The highest BCUT2D eigenvalue weighted by atomic mass is 35.5. The fourth-order valence-corrected chi connectivity index (χ4v) is 5.06. The number of nitrogens with zero attached hydrogens (tertiary/aromatic N) is 2. The molecule has 0 aliphatic carbocycles. The van der Waals surface area contributed by atoms with Crippen molar-refractivity contribution >= 4 is 28.3 Å². The van der Waals surface area contributed by atoms with Crippen LogP contribution in [0, 0.1) is 5.92 Å². The maximum Gasteiger partial charge on any atom is 0.243 e. The van der Waals surface area contributed by atoms with Crippen molar-refractivity contribution in [3.05, 3.63) is 30.3 Å². The van der Waals surface area contributed by atoms with E-state index in [-0.39, 0.29) is 18.3 Å². The normalized spacial score (nSPS) is 21.8. The molecular formula is C18H28ClN3O3S. The van der Waals surface area contributed by atoms with Crippen LogP contribution in [-0.4, -0.2) is 62.8 Å². The fraction of sp³-hybridized carbons (Fsp3) is 0.611. The van der Waals surface area contributed by atoms with Crippen molar-refractivity contribution in [2.75, 3.05) is 39.3 Å². The second kappa shape index (κ2) is 9.69. The lowest BCUT2D eigenvalue weighted by Crippen LogP contribution is -2.37. The first-order valence-electron chi connectivity index (χ1n) is 9.11. The molecule has 0 aromatic heterocycles. The molecule has 2 fully saturated rings. The number of hydrogen-bond donors (Lipinski definition) is 1. The summed E-state index contributed by atoms with van der Waals surface area (Å²) < 4.78 is 27.0. The van der Waals surface area contributed by atoms with E-state index in [2.05, 4.69) is 5.32 Å². The first-order chi connectivity index (χ1) is 12.1. The van der Waals surface area contributed by atoms with Crippen molar-refractivity contribution in [2.45, 2.75) is 30.6 Å². The van der Waals surface area contributed by atoms with Crippen LogP contribution in [0.5, 0.6) is 0 Å². The van der Waals surface area contributed by atoms with E-state index in [1.807, 2.05) is 11.0 Å². The lowest BCUT2D eigenvalue weighted by molar-refractivity contribution is -0.131. The van der Waals surface area contributed by atoms with Crippen LogP contribution in [0.3, 0.4) is 0 Å². The molecule has 26 heavy (non-hydrogen) atoms. The first-order valence-corrected chi connectivity index (χ1v) is 10.5. The van der Waals surface area contributed by atoms with Crippen molar-refractivity contribution in [2.24, 2.45) is 5.92 Å². The topological polar surface area (TPSA) is 69.7 Å². The van der Waals surface area contributed by atoms with Gasteiger partial charge in [0.15, 0.2) is 0 Å². The zero-order valence-corrected chi connectivity index (χ0v) is 16.6. The molecule has 1 amide bonds. The first kappa shape index (κ1) is 21.2. The summed E-state index contributed by atoms with van der Waals surface area (Å²) in [5.74, 6) is 0.761.